The maximum Gasteiger partial charge on any atom is 0.191 e. The van der Waals surface area contributed by atoms with Gasteiger partial charge in [-0.15, -0.1) is 0 Å². The Labute approximate surface area is 114 Å². The van der Waals surface area contributed by atoms with Crippen molar-refractivity contribution in [3.63, 3.8) is 0 Å². The Morgan fingerprint density at radius 1 is 1.53 bits per heavy atom. The van der Waals surface area contributed by atoms with Crippen molar-refractivity contribution >= 4 is 5.96 Å². The summed E-state index contributed by atoms with van der Waals surface area (Å²) in [6.07, 6.45) is 2.44. The summed E-state index contributed by atoms with van der Waals surface area (Å²) in [5, 5.41) is 0. The highest BCUT2D eigenvalue weighted by Crippen LogP contribution is 2.15. The van der Waals surface area contributed by atoms with Crippen molar-refractivity contribution in [1.82, 2.24) is 4.90 Å². The zero-order chi connectivity index (χ0) is 13.8. The zero-order valence-electron chi connectivity index (χ0n) is 11.7. The van der Waals surface area contributed by atoms with Gasteiger partial charge in [-0.3, -0.25) is 0 Å². The second-order valence-electron chi connectivity index (χ2n) is 5.45. The van der Waals surface area contributed by atoms with Gasteiger partial charge in [0.2, 0.25) is 0 Å². The molecule has 2 rings (SSSR count). The van der Waals surface area contributed by atoms with E-state index in [2.05, 4.69) is 16.8 Å². The lowest BCUT2D eigenvalue weighted by Gasteiger charge is -2.31. The fourth-order valence-corrected chi connectivity index (χ4v) is 2.47. The van der Waals surface area contributed by atoms with Crippen LogP contribution in [0.25, 0.3) is 0 Å². The summed E-state index contributed by atoms with van der Waals surface area (Å²) in [6.45, 7) is 6.48. The molecule has 0 aliphatic carbocycles. The first-order valence-electron chi connectivity index (χ1n) is 6.86. The molecule has 1 saturated heterocycles. The van der Waals surface area contributed by atoms with Crippen LogP contribution >= 0.6 is 0 Å². The van der Waals surface area contributed by atoms with E-state index < -0.39 is 0 Å². The number of piperidine rings is 1. The number of likely N-dealkylation sites (tertiary alicyclic amines) is 1. The van der Waals surface area contributed by atoms with E-state index in [0.29, 0.717) is 24.0 Å². The van der Waals surface area contributed by atoms with E-state index >= 15 is 0 Å². The molecule has 3 nitrogen and oxygen atoms in total. The van der Waals surface area contributed by atoms with Crippen LogP contribution in [0.15, 0.2) is 23.2 Å². The molecule has 1 aliphatic heterocycles. The molecule has 1 aromatic carbocycles. The van der Waals surface area contributed by atoms with Crippen molar-refractivity contribution < 1.29 is 4.39 Å². The van der Waals surface area contributed by atoms with Crippen LogP contribution in [0.3, 0.4) is 0 Å². The highest BCUT2D eigenvalue weighted by atomic mass is 19.1. The van der Waals surface area contributed by atoms with Gasteiger partial charge >= 0.3 is 0 Å². The fourth-order valence-electron chi connectivity index (χ4n) is 2.47. The van der Waals surface area contributed by atoms with Crippen molar-refractivity contribution in [1.29, 1.82) is 0 Å². The molecule has 1 aliphatic rings. The first-order chi connectivity index (χ1) is 9.06. The highest BCUT2D eigenvalue weighted by molar-refractivity contribution is 5.78. The Kier molecular flexibility index (Phi) is 4.40. The maximum absolute atomic E-state index is 13.2. The third-order valence-corrected chi connectivity index (χ3v) is 3.63. The van der Waals surface area contributed by atoms with Crippen molar-refractivity contribution in [2.45, 2.75) is 33.2 Å². The van der Waals surface area contributed by atoms with Gasteiger partial charge in [0, 0.05) is 13.1 Å². The summed E-state index contributed by atoms with van der Waals surface area (Å²) in [5.74, 6) is 1.11. The zero-order valence-corrected chi connectivity index (χ0v) is 11.7. The number of hydrogen-bond donors (Lipinski definition) is 1. The van der Waals surface area contributed by atoms with Crippen molar-refractivity contribution in [3.05, 3.63) is 35.1 Å². The van der Waals surface area contributed by atoms with Crippen LogP contribution in [0.1, 0.15) is 30.9 Å². The van der Waals surface area contributed by atoms with E-state index in [0.717, 1.165) is 18.7 Å². The third kappa shape index (κ3) is 3.69. The molecule has 104 valence electrons. The first-order valence-corrected chi connectivity index (χ1v) is 6.86. The van der Waals surface area contributed by atoms with Crippen LogP contribution in [0, 0.1) is 18.7 Å². The minimum Gasteiger partial charge on any atom is -0.370 e. The molecule has 0 amide bonds. The van der Waals surface area contributed by atoms with E-state index in [1.54, 1.807) is 13.0 Å². The molecule has 4 heteroatoms. The minimum atomic E-state index is -0.175. The van der Waals surface area contributed by atoms with Crippen molar-refractivity contribution in [2.24, 2.45) is 16.6 Å². The molecule has 1 fully saturated rings. The maximum atomic E-state index is 13.2. The first kappa shape index (κ1) is 13.8. The van der Waals surface area contributed by atoms with E-state index in [1.807, 2.05) is 6.07 Å². The van der Waals surface area contributed by atoms with Crippen LogP contribution < -0.4 is 5.73 Å². The second kappa shape index (κ2) is 6.04. The van der Waals surface area contributed by atoms with Crippen molar-refractivity contribution in [2.75, 3.05) is 13.1 Å². The van der Waals surface area contributed by atoms with Crippen LogP contribution in [-0.2, 0) is 6.54 Å². The smallest absolute Gasteiger partial charge is 0.191 e. The largest absolute Gasteiger partial charge is 0.370 e. The molecule has 0 aromatic heterocycles. The molecule has 1 atom stereocenters. The lowest BCUT2D eigenvalue weighted by Crippen LogP contribution is -2.43. The van der Waals surface area contributed by atoms with Gasteiger partial charge in [-0.1, -0.05) is 19.1 Å². The summed E-state index contributed by atoms with van der Waals surface area (Å²) in [5.41, 5.74) is 7.67. The summed E-state index contributed by atoms with van der Waals surface area (Å²) < 4.78 is 13.2. The van der Waals surface area contributed by atoms with Crippen LogP contribution in [0.4, 0.5) is 4.39 Å². The Bertz CT molecular complexity index is 470. The van der Waals surface area contributed by atoms with Gasteiger partial charge in [0.05, 0.1) is 6.54 Å². The van der Waals surface area contributed by atoms with Gasteiger partial charge in [0.25, 0.3) is 0 Å². The minimum absolute atomic E-state index is 0.175. The summed E-state index contributed by atoms with van der Waals surface area (Å²) in [6, 6.07) is 5.07. The normalized spacial score (nSPS) is 20.7. The monoisotopic (exact) mass is 263 g/mol. The molecule has 0 bridgehead atoms. The Balaban J connectivity index is 1.98. The SMILES string of the molecule is Cc1cc(CN=C(N)N2CCCC(C)C2)ccc1F. The topological polar surface area (TPSA) is 41.6 Å². The lowest BCUT2D eigenvalue weighted by molar-refractivity contribution is 0.270. The average molecular weight is 263 g/mol. The standard InChI is InChI=1S/C15H22FN3/c1-11-4-3-7-19(10-11)15(17)18-9-13-5-6-14(16)12(2)8-13/h5-6,8,11H,3-4,7,9-10H2,1-2H3,(H2,17,18). The average Bonchev–Trinajstić information content (AvgIpc) is 2.40. The number of guanidine groups is 1. The number of nitrogens with two attached hydrogens (primary N) is 1. The van der Waals surface area contributed by atoms with E-state index in [9.17, 15) is 4.39 Å². The van der Waals surface area contributed by atoms with Crippen LogP contribution in [0.2, 0.25) is 0 Å². The summed E-state index contributed by atoms with van der Waals surface area (Å²) in [7, 11) is 0. The van der Waals surface area contributed by atoms with Crippen LogP contribution in [0.5, 0.6) is 0 Å². The van der Waals surface area contributed by atoms with Gasteiger partial charge in [-0.25, -0.2) is 9.38 Å². The number of hydrogen-bond acceptors (Lipinski definition) is 1. The van der Waals surface area contributed by atoms with Gasteiger partial charge in [-0.05, 0) is 42.9 Å². The lowest BCUT2D eigenvalue weighted by atomic mass is 10.0. The van der Waals surface area contributed by atoms with Gasteiger partial charge < -0.3 is 10.6 Å². The van der Waals surface area contributed by atoms with E-state index in [1.165, 1.54) is 18.9 Å². The van der Waals surface area contributed by atoms with E-state index in [4.69, 9.17) is 5.73 Å². The second-order valence-corrected chi connectivity index (χ2v) is 5.45. The molecule has 19 heavy (non-hydrogen) atoms. The molecule has 0 radical (unpaired) electrons. The number of halogens is 1. The van der Waals surface area contributed by atoms with Crippen molar-refractivity contribution in [3.8, 4) is 0 Å². The summed E-state index contributed by atoms with van der Waals surface area (Å²) in [4.78, 5) is 6.56. The molecular weight excluding hydrogens is 241 g/mol. The number of nitrogens with zero attached hydrogens (tertiary/aromatic N) is 2. The van der Waals surface area contributed by atoms with Gasteiger partial charge in [-0.2, -0.15) is 0 Å². The highest BCUT2D eigenvalue weighted by Gasteiger charge is 2.17. The van der Waals surface area contributed by atoms with Gasteiger partial charge in [0.15, 0.2) is 5.96 Å². The molecule has 2 N–H and O–H groups in total. The fraction of sp³-hybridized carbons (Fsp3) is 0.533. The molecular formula is C15H22FN3. The van der Waals surface area contributed by atoms with Gasteiger partial charge in [0.1, 0.15) is 5.82 Å². The number of aryl methyl sites for hydroxylation is 1. The number of rotatable bonds is 2. The Morgan fingerprint density at radius 3 is 3.00 bits per heavy atom. The molecule has 0 spiro atoms. The molecule has 1 unspecified atom stereocenters. The number of benzene rings is 1. The Hall–Kier alpha value is -1.58. The Morgan fingerprint density at radius 2 is 2.32 bits per heavy atom. The third-order valence-electron chi connectivity index (χ3n) is 3.63. The van der Waals surface area contributed by atoms with Crippen LogP contribution in [-0.4, -0.2) is 23.9 Å². The number of aliphatic imine (C=N–C) groups is 1. The van der Waals surface area contributed by atoms with E-state index in [-0.39, 0.29) is 5.82 Å². The quantitative estimate of drug-likeness (QED) is 0.658. The summed E-state index contributed by atoms with van der Waals surface area (Å²) >= 11 is 0. The molecule has 0 saturated carbocycles. The molecule has 1 aromatic rings. The molecule has 1 heterocycles. The predicted molar refractivity (Wildman–Crippen MR) is 76.4 cm³/mol. The predicted octanol–water partition coefficient (Wildman–Crippen LogP) is 2.68.